The van der Waals surface area contributed by atoms with Crippen LogP contribution in [0.5, 0.6) is 0 Å². The van der Waals surface area contributed by atoms with E-state index in [0.29, 0.717) is 0 Å². The van der Waals surface area contributed by atoms with Crippen molar-refractivity contribution in [2.45, 2.75) is 6.92 Å². The number of nitrogens with one attached hydrogen (secondary N) is 1. The Morgan fingerprint density at radius 1 is 1.60 bits per heavy atom. The minimum absolute atomic E-state index is 0.223. The highest BCUT2D eigenvalue weighted by Crippen LogP contribution is 1.72. The van der Waals surface area contributed by atoms with Crippen molar-refractivity contribution < 1.29 is 14.7 Å². The number of hydrazone groups is 1. The van der Waals surface area contributed by atoms with Gasteiger partial charge in [-0.05, 0) is 6.92 Å². The van der Waals surface area contributed by atoms with E-state index in [2.05, 4.69) is 10.8 Å². The molecule has 0 aromatic rings. The molecule has 0 saturated heterocycles. The molecule has 6 nitrogen and oxygen atoms in total. The summed E-state index contributed by atoms with van der Waals surface area (Å²) >= 11 is 0. The Morgan fingerprint density at radius 2 is 2.10 bits per heavy atom. The Balaban J connectivity index is 3.92. The van der Waals surface area contributed by atoms with Crippen LogP contribution in [0.1, 0.15) is 6.92 Å². The van der Waals surface area contributed by atoms with E-state index in [9.17, 15) is 9.59 Å². The lowest BCUT2D eigenvalue weighted by atomic mass is 10.4. The van der Waals surface area contributed by atoms with Gasteiger partial charge in [0, 0.05) is 0 Å². The zero-order chi connectivity index (χ0) is 8.15. The molecule has 0 bridgehead atoms. The summed E-state index contributed by atoms with van der Waals surface area (Å²) in [5.41, 5.74) is 6.14. The maximum atomic E-state index is 9.99. The number of aliphatic carboxylic acids is 1. The van der Waals surface area contributed by atoms with Crippen molar-refractivity contribution in [3.8, 4) is 0 Å². The lowest BCUT2D eigenvalue weighted by Gasteiger charge is -1.92. The molecular formula is C4H7N3O3. The monoisotopic (exact) mass is 145 g/mol. The molecule has 0 aliphatic heterocycles. The molecule has 0 atom stereocenters. The van der Waals surface area contributed by atoms with Crippen LogP contribution in [0.15, 0.2) is 5.10 Å². The Hall–Kier alpha value is -1.59. The number of hydrogen-bond donors (Lipinski definition) is 3. The number of nitrogens with zero attached hydrogens (tertiary/aromatic N) is 1. The van der Waals surface area contributed by atoms with Crippen molar-refractivity contribution in [3.05, 3.63) is 0 Å². The second-order valence-corrected chi connectivity index (χ2v) is 1.48. The van der Waals surface area contributed by atoms with Gasteiger partial charge in [0.25, 0.3) is 0 Å². The minimum Gasteiger partial charge on any atom is -0.477 e. The molecule has 0 unspecified atom stereocenters. The largest absolute Gasteiger partial charge is 0.477 e. The van der Waals surface area contributed by atoms with Gasteiger partial charge in [-0.25, -0.2) is 15.0 Å². The van der Waals surface area contributed by atoms with E-state index in [1.165, 1.54) is 6.92 Å². The first-order chi connectivity index (χ1) is 4.54. The molecule has 0 aromatic carbocycles. The van der Waals surface area contributed by atoms with E-state index >= 15 is 0 Å². The van der Waals surface area contributed by atoms with Crippen LogP contribution in [0.3, 0.4) is 0 Å². The van der Waals surface area contributed by atoms with Gasteiger partial charge in [-0.1, -0.05) is 0 Å². The van der Waals surface area contributed by atoms with E-state index < -0.39 is 12.0 Å². The normalized spacial score (nSPS) is 10.7. The number of carbonyl (C=O) groups is 2. The second kappa shape index (κ2) is 3.44. The van der Waals surface area contributed by atoms with Crippen LogP contribution < -0.4 is 11.2 Å². The fourth-order valence-corrected chi connectivity index (χ4v) is 0.187. The number of hydrogen-bond acceptors (Lipinski definition) is 3. The summed E-state index contributed by atoms with van der Waals surface area (Å²) in [6.45, 7) is 1.23. The summed E-state index contributed by atoms with van der Waals surface area (Å²) in [5, 5.41) is 11.3. The van der Waals surface area contributed by atoms with Crippen LogP contribution in [-0.4, -0.2) is 22.8 Å². The summed E-state index contributed by atoms with van der Waals surface area (Å²) in [6.07, 6.45) is 0. The standard InChI is InChI=1S/C4H7N3O3/c1-2(3(8)9)6-7-4(5)10/h1H3,(H,8,9)(H3,5,7,10). The van der Waals surface area contributed by atoms with Crippen LogP contribution in [0.25, 0.3) is 0 Å². The van der Waals surface area contributed by atoms with Crippen LogP contribution in [0.4, 0.5) is 4.79 Å². The van der Waals surface area contributed by atoms with E-state index in [-0.39, 0.29) is 5.71 Å². The quantitative estimate of drug-likeness (QED) is 0.347. The number of carboxylic acid groups (broad SMARTS) is 1. The van der Waals surface area contributed by atoms with E-state index in [1.807, 2.05) is 0 Å². The molecule has 10 heavy (non-hydrogen) atoms. The molecule has 2 amide bonds. The minimum atomic E-state index is -1.20. The third-order valence-corrected chi connectivity index (χ3v) is 0.643. The molecule has 0 spiro atoms. The van der Waals surface area contributed by atoms with E-state index in [4.69, 9.17) is 5.11 Å². The molecule has 56 valence electrons. The Bertz CT molecular complexity index is 186. The Labute approximate surface area is 56.7 Å². The molecule has 0 aliphatic rings. The van der Waals surface area contributed by atoms with Gasteiger partial charge in [-0.3, -0.25) is 0 Å². The van der Waals surface area contributed by atoms with Crippen LogP contribution >= 0.6 is 0 Å². The van der Waals surface area contributed by atoms with E-state index in [0.717, 1.165) is 0 Å². The van der Waals surface area contributed by atoms with Gasteiger partial charge in [0.2, 0.25) is 0 Å². The summed E-state index contributed by atoms with van der Waals surface area (Å²) in [7, 11) is 0. The van der Waals surface area contributed by atoms with E-state index in [1.54, 1.807) is 5.43 Å². The molecule has 0 rings (SSSR count). The third kappa shape index (κ3) is 3.42. The number of carbonyl (C=O) groups excluding carboxylic acids is 1. The van der Waals surface area contributed by atoms with Crippen LogP contribution in [0, 0.1) is 0 Å². The first-order valence-corrected chi connectivity index (χ1v) is 2.37. The first kappa shape index (κ1) is 8.41. The van der Waals surface area contributed by atoms with Crippen LogP contribution in [0.2, 0.25) is 0 Å². The number of nitrogens with two attached hydrogens (primary N) is 1. The predicted octanol–water partition coefficient (Wildman–Crippen LogP) is -0.885. The number of rotatable bonds is 2. The molecule has 0 aromatic heterocycles. The number of urea groups is 1. The molecule has 0 aliphatic carbocycles. The molecule has 0 saturated carbocycles. The highest BCUT2D eigenvalue weighted by Gasteiger charge is 2.00. The van der Waals surface area contributed by atoms with Crippen molar-refractivity contribution in [2.24, 2.45) is 10.8 Å². The molecule has 0 heterocycles. The Kier molecular flexibility index (Phi) is 2.89. The van der Waals surface area contributed by atoms with Gasteiger partial charge in [0.15, 0.2) is 0 Å². The van der Waals surface area contributed by atoms with Crippen molar-refractivity contribution in [1.29, 1.82) is 0 Å². The lowest BCUT2D eigenvalue weighted by Crippen LogP contribution is -2.26. The molecule has 0 radical (unpaired) electrons. The highest BCUT2D eigenvalue weighted by molar-refractivity contribution is 6.34. The molecular weight excluding hydrogens is 138 g/mol. The average molecular weight is 145 g/mol. The summed E-state index contributed by atoms with van der Waals surface area (Å²) in [6, 6.07) is -0.888. The molecule has 6 heteroatoms. The predicted molar refractivity (Wildman–Crippen MR) is 33.5 cm³/mol. The van der Waals surface area contributed by atoms with Gasteiger partial charge in [-0.15, -0.1) is 0 Å². The Morgan fingerprint density at radius 3 is 2.40 bits per heavy atom. The van der Waals surface area contributed by atoms with Gasteiger partial charge < -0.3 is 10.8 Å². The summed E-state index contributed by atoms with van der Waals surface area (Å²) in [4.78, 5) is 19.9. The fraction of sp³-hybridized carbons (Fsp3) is 0.250. The third-order valence-electron chi connectivity index (χ3n) is 0.643. The van der Waals surface area contributed by atoms with Crippen molar-refractivity contribution in [2.75, 3.05) is 0 Å². The van der Waals surface area contributed by atoms with Gasteiger partial charge in [0.05, 0.1) is 0 Å². The summed E-state index contributed by atoms with van der Waals surface area (Å²) in [5.74, 6) is -1.20. The SMILES string of the molecule is CC(=NNC(N)=O)C(=O)O. The zero-order valence-corrected chi connectivity index (χ0v) is 5.29. The summed E-state index contributed by atoms with van der Waals surface area (Å²) < 4.78 is 0. The molecule has 0 fully saturated rings. The second-order valence-electron chi connectivity index (χ2n) is 1.48. The smallest absolute Gasteiger partial charge is 0.351 e. The lowest BCUT2D eigenvalue weighted by molar-refractivity contribution is -0.129. The first-order valence-electron chi connectivity index (χ1n) is 2.37. The van der Waals surface area contributed by atoms with Crippen molar-refractivity contribution >= 4 is 17.7 Å². The molecule has 4 N–H and O–H groups in total. The fourth-order valence-electron chi connectivity index (χ4n) is 0.187. The number of primary amides is 1. The maximum Gasteiger partial charge on any atom is 0.351 e. The number of amides is 2. The topological polar surface area (TPSA) is 105 Å². The van der Waals surface area contributed by atoms with Crippen molar-refractivity contribution in [3.63, 3.8) is 0 Å². The highest BCUT2D eigenvalue weighted by atomic mass is 16.4. The average Bonchev–Trinajstić information content (AvgIpc) is 1.82. The van der Waals surface area contributed by atoms with Gasteiger partial charge in [-0.2, -0.15) is 5.10 Å². The maximum absolute atomic E-state index is 9.99. The van der Waals surface area contributed by atoms with Crippen molar-refractivity contribution in [1.82, 2.24) is 5.43 Å². The van der Waals surface area contributed by atoms with Gasteiger partial charge in [0.1, 0.15) is 5.71 Å². The van der Waals surface area contributed by atoms with Gasteiger partial charge >= 0.3 is 12.0 Å². The van der Waals surface area contributed by atoms with Crippen LogP contribution in [-0.2, 0) is 4.79 Å². The number of carboxylic acids is 1. The zero-order valence-electron chi connectivity index (χ0n) is 5.29.